The summed E-state index contributed by atoms with van der Waals surface area (Å²) >= 11 is 0.878. The van der Waals surface area contributed by atoms with Crippen LogP contribution in [0.15, 0.2) is 66.1 Å². The number of amides is 2. The maximum absolute atomic E-state index is 12.7. The molecular formula is C21H17NO5S. The molecule has 2 aromatic carbocycles. The van der Waals surface area contributed by atoms with Crippen LogP contribution >= 0.6 is 11.8 Å². The van der Waals surface area contributed by atoms with Gasteiger partial charge >= 0.3 is 5.97 Å². The van der Waals surface area contributed by atoms with Crippen molar-refractivity contribution in [2.75, 3.05) is 11.5 Å². The fraction of sp³-hybridized carbons (Fsp3) is 0.0952. The first-order chi connectivity index (χ1) is 13.5. The molecule has 142 valence electrons. The largest absolute Gasteiger partial charge is 0.482 e. The molecule has 6 nitrogen and oxygen atoms in total. The summed E-state index contributed by atoms with van der Waals surface area (Å²) in [4.78, 5) is 37.2. The number of imide groups is 1. The molecule has 1 heterocycles. The van der Waals surface area contributed by atoms with Gasteiger partial charge in [-0.25, -0.2) is 9.69 Å². The number of nitrogens with zero attached hydrogens (tertiary/aromatic N) is 1. The predicted molar refractivity (Wildman–Crippen MR) is 108 cm³/mol. The predicted octanol–water partition coefficient (Wildman–Crippen LogP) is 4.12. The van der Waals surface area contributed by atoms with Crippen molar-refractivity contribution in [3.8, 4) is 5.75 Å². The molecule has 0 saturated carbocycles. The van der Waals surface area contributed by atoms with Crippen LogP contribution in [0, 0.1) is 0 Å². The van der Waals surface area contributed by atoms with E-state index in [2.05, 4.69) is 6.58 Å². The van der Waals surface area contributed by atoms with Crippen molar-refractivity contribution in [3.05, 3.63) is 77.2 Å². The topological polar surface area (TPSA) is 83.9 Å². The first-order valence-corrected chi connectivity index (χ1v) is 9.22. The number of anilines is 1. The van der Waals surface area contributed by atoms with E-state index in [9.17, 15) is 14.4 Å². The van der Waals surface area contributed by atoms with Crippen LogP contribution in [0.25, 0.3) is 6.08 Å². The van der Waals surface area contributed by atoms with Crippen LogP contribution in [-0.4, -0.2) is 28.8 Å². The molecule has 0 aliphatic carbocycles. The lowest BCUT2D eigenvalue weighted by Crippen LogP contribution is -2.27. The molecule has 0 atom stereocenters. The van der Waals surface area contributed by atoms with Crippen molar-refractivity contribution in [3.63, 3.8) is 0 Å². The minimum atomic E-state index is -1.07. The second-order valence-electron chi connectivity index (χ2n) is 5.90. The van der Waals surface area contributed by atoms with Crippen molar-refractivity contribution >= 4 is 40.6 Å². The molecule has 0 spiro atoms. The molecule has 0 aromatic heterocycles. The van der Waals surface area contributed by atoms with Crippen LogP contribution < -0.4 is 9.64 Å². The Bertz CT molecular complexity index is 968. The van der Waals surface area contributed by atoms with E-state index in [0.717, 1.165) is 22.2 Å². The van der Waals surface area contributed by atoms with Crippen molar-refractivity contribution in [1.29, 1.82) is 0 Å². The fourth-order valence-electron chi connectivity index (χ4n) is 2.70. The van der Waals surface area contributed by atoms with Gasteiger partial charge in [0, 0.05) is 0 Å². The third kappa shape index (κ3) is 4.32. The zero-order chi connectivity index (χ0) is 20.1. The average molecular weight is 395 g/mol. The first kappa shape index (κ1) is 19.4. The van der Waals surface area contributed by atoms with Gasteiger partial charge in [-0.3, -0.25) is 9.59 Å². The minimum Gasteiger partial charge on any atom is -0.482 e. The number of thioether (sulfide) groups is 1. The Balaban J connectivity index is 1.87. The fourth-order valence-corrected chi connectivity index (χ4v) is 3.54. The summed E-state index contributed by atoms with van der Waals surface area (Å²) in [6.45, 7) is 3.25. The van der Waals surface area contributed by atoms with Gasteiger partial charge in [-0.05, 0) is 59.7 Å². The van der Waals surface area contributed by atoms with Crippen LogP contribution in [-0.2, 0) is 16.0 Å². The van der Waals surface area contributed by atoms with Crippen LogP contribution in [0.4, 0.5) is 10.5 Å². The third-order valence-corrected chi connectivity index (χ3v) is 4.78. The molecule has 2 aromatic rings. The number of allylic oxidation sites excluding steroid dienone is 1. The molecule has 3 rings (SSSR count). The Morgan fingerprint density at radius 3 is 2.61 bits per heavy atom. The molecule has 28 heavy (non-hydrogen) atoms. The Kier molecular flexibility index (Phi) is 5.96. The zero-order valence-electron chi connectivity index (χ0n) is 14.8. The van der Waals surface area contributed by atoms with E-state index in [1.165, 1.54) is 0 Å². The summed E-state index contributed by atoms with van der Waals surface area (Å²) in [5, 5.41) is 8.43. The normalized spacial score (nSPS) is 15.1. The van der Waals surface area contributed by atoms with Gasteiger partial charge in [-0.2, -0.15) is 0 Å². The highest BCUT2D eigenvalue weighted by atomic mass is 32.2. The van der Waals surface area contributed by atoms with Crippen molar-refractivity contribution < 1.29 is 24.2 Å². The van der Waals surface area contributed by atoms with Crippen LogP contribution in [0.5, 0.6) is 5.75 Å². The van der Waals surface area contributed by atoms with Gasteiger partial charge in [0.1, 0.15) is 5.75 Å². The SMILES string of the molecule is C=CCc1cc(/C=C2\SC(=O)N(c3ccccc3)C2=O)ccc1OCC(=O)O. The van der Waals surface area contributed by atoms with Crippen molar-refractivity contribution in [2.45, 2.75) is 6.42 Å². The number of carbonyl (C=O) groups excluding carboxylic acids is 2. The number of carboxylic acids is 1. The van der Waals surface area contributed by atoms with E-state index in [4.69, 9.17) is 9.84 Å². The van der Waals surface area contributed by atoms with Gasteiger partial charge in [-0.1, -0.05) is 30.3 Å². The van der Waals surface area contributed by atoms with E-state index in [1.54, 1.807) is 54.6 Å². The summed E-state index contributed by atoms with van der Waals surface area (Å²) in [5.41, 5.74) is 1.98. The highest BCUT2D eigenvalue weighted by Crippen LogP contribution is 2.36. The van der Waals surface area contributed by atoms with Gasteiger partial charge in [-0.15, -0.1) is 6.58 Å². The van der Waals surface area contributed by atoms with E-state index in [1.807, 2.05) is 6.07 Å². The average Bonchev–Trinajstić information content (AvgIpc) is 2.95. The summed E-state index contributed by atoms with van der Waals surface area (Å²) in [6, 6.07) is 13.9. The first-order valence-electron chi connectivity index (χ1n) is 8.41. The molecular weight excluding hydrogens is 378 g/mol. The molecule has 1 aliphatic heterocycles. The van der Waals surface area contributed by atoms with E-state index in [0.29, 0.717) is 28.3 Å². The summed E-state index contributed by atoms with van der Waals surface area (Å²) in [7, 11) is 0. The monoisotopic (exact) mass is 395 g/mol. The molecule has 2 amide bonds. The molecule has 1 N–H and O–H groups in total. The van der Waals surface area contributed by atoms with Crippen LogP contribution in [0.3, 0.4) is 0 Å². The Hall–Kier alpha value is -3.32. The Morgan fingerprint density at radius 1 is 1.18 bits per heavy atom. The highest BCUT2D eigenvalue weighted by molar-refractivity contribution is 8.19. The van der Waals surface area contributed by atoms with E-state index >= 15 is 0 Å². The Labute approximate surface area is 166 Å². The number of para-hydroxylation sites is 1. The van der Waals surface area contributed by atoms with E-state index < -0.39 is 12.6 Å². The number of benzene rings is 2. The third-order valence-electron chi connectivity index (χ3n) is 3.91. The smallest absolute Gasteiger partial charge is 0.341 e. The lowest BCUT2D eigenvalue weighted by atomic mass is 10.1. The quantitative estimate of drug-likeness (QED) is 0.561. The van der Waals surface area contributed by atoms with Crippen LogP contribution in [0.1, 0.15) is 11.1 Å². The Morgan fingerprint density at radius 2 is 1.93 bits per heavy atom. The molecule has 0 unspecified atom stereocenters. The number of hydrogen-bond acceptors (Lipinski definition) is 5. The lowest BCUT2D eigenvalue weighted by molar-refractivity contribution is -0.139. The lowest BCUT2D eigenvalue weighted by Gasteiger charge is -2.12. The van der Waals surface area contributed by atoms with Crippen LogP contribution in [0.2, 0.25) is 0 Å². The van der Waals surface area contributed by atoms with Gasteiger partial charge in [0.15, 0.2) is 6.61 Å². The number of carbonyl (C=O) groups is 3. The van der Waals surface area contributed by atoms with Gasteiger partial charge in [0.2, 0.25) is 0 Å². The molecule has 1 saturated heterocycles. The van der Waals surface area contributed by atoms with Crippen molar-refractivity contribution in [2.24, 2.45) is 0 Å². The molecule has 1 aliphatic rings. The molecule has 0 radical (unpaired) electrons. The zero-order valence-corrected chi connectivity index (χ0v) is 15.6. The summed E-state index contributed by atoms with van der Waals surface area (Å²) in [6.07, 6.45) is 3.79. The summed E-state index contributed by atoms with van der Waals surface area (Å²) < 4.78 is 5.29. The number of carboxylic acid groups (broad SMARTS) is 1. The summed E-state index contributed by atoms with van der Waals surface area (Å²) in [5.74, 6) is -1.00. The van der Waals surface area contributed by atoms with Gasteiger partial charge in [0.25, 0.3) is 11.1 Å². The molecule has 0 bridgehead atoms. The highest BCUT2D eigenvalue weighted by Gasteiger charge is 2.36. The standard InChI is InChI=1S/C21H17NO5S/c1-2-6-15-11-14(9-10-17(15)27-13-19(23)24)12-18-20(25)22(21(26)28-18)16-7-4-3-5-8-16/h2-5,7-12H,1,6,13H2,(H,23,24)/b18-12-. The maximum atomic E-state index is 12.7. The second kappa shape index (κ2) is 8.58. The number of hydrogen-bond donors (Lipinski definition) is 1. The minimum absolute atomic E-state index is 0.317. The maximum Gasteiger partial charge on any atom is 0.341 e. The van der Waals surface area contributed by atoms with Gasteiger partial charge in [0.05, 0.1) is 10.6 Å². The second-order valence-corrected chi connectivity index (χ2v) is 6.89. The number of aliphatic carboxylic acids is 1. The van der Waals surface area contributed by atoms with Crippen molar-refractivity contribution in [1.82, 2.24) is 0 Å². The van der Waals surface area contributed by atoms with Gasteiger partial charge < -0.3 is 9.84 Å². The number of rotatable bonds is 7. The van der Waals surface area contributed by atoms with E-state index in [-0.39, 0.29) is 11.1 Å². The molecule has 7 heteroatoms. The number of ether oxygens (including phenoxy) is 1. The molecule has 1 fully saturated rings.